The molecule has 0 spiro atoms. The smallest absolute Gasteiger partial charge is 0.264 e. The van der Waals surface area contributed by atoms with Gasteiger partial charge in [0.05, 0.1) is 17.1 Å². The normalized spacial score (nSPS) is 16.7. The van der Waals surface area contributed by atoms with Gasteiger partial charge in [-0.3, -0.25) is 9.10 Å². The van der Waals surface area contributed by atoms with Crippen molar-refractivity contribution in [3.63, 3.8) is 0 Å². The first-order chi connectivity index (χ1) is 11.9. The maximum absolute atomic E-state index is 13.1. The number of carbonyl (C=O) groups is 1. The van der Waals surface area contributed by atoms with Crippen molar-refractivity contribution in [2.75, 3.05) is 16.2 Å². The van der Waals surface area contributed by atoms with Gasteiger partial charge in [-0.15, -0.1) is 0 Å². The summed E-state index contributed by atoms with van der Waals surface area (Å²) in [5.74, 6) is 0.363. The second-order valence-electron chi connectivity index (χ2n) is 5.86. The Morgan fingerprint density at radius 1 is 1.20 bits per heavy atom. The number of anilines is 2. The fourth-order valence-electron chi connectivity index (χ4n) is 2.74. The lowest BCUT2D eigenvalue weighted by Gasteiger charge is -2.35. The minimum absolute atomic E-state index is 0.174. The SMILES string of the molecule is CCC1CN(S(=O)(=O)c2ccc(NC(C)=O)cc2)c2ccccc2O1. The molecule has 25 heavy (non-hydrogen) atoms. The zero-order valence-electron chi connectivity index (χ0n) is 14.1. The van der Waals surface area contributed by atoms with Crippen LogP contribution >= 0.6 is 0 Å². The monoisotopic (exact) mass is 360 g/mol. The number of carbonyl (C=O) groups excluding carboxylic acids is 1. The van der Waals surface area contributed by atoms with E-state index in [2.05, 4.69) is 5.32 Å². The van der Waals surface area contributed by atoms with E-state index in [-0.39, 0.29) is 23.5 Å². The Balaban J connectivity index is 1.97. The predicted octanol–water partition coefficient (Wildman–Crippen LogP) is 3.01. The number of fused-ring (bicyclic) bond motifs is 1. The van der Waals surface area contributed by atoms with Gasteiger partial charge in [0.15, 0.2) is 0 Å². The molecule has 6 nitrogen and oxygen atoms in total. The number of ether oxygens (including phenoxy) is 1. The molecule has 1 unspecified atom stereocenters. The summed E-state index contributed by atoms with van der Waals surface area (Å²) < 4.78 is 33.5. The lowest BCUT2D eigenvalue weighted by Crippen LogP contribution is -2.43. The highest BCUT2D eigenvalue weighted by molar-refractivity contribution is 7.92. The van der Waals surface area contributed by atoms with Crippen LogP contribution in [0.25, 0.3) is 0 Å². The van der Waals surface area contributed by atoms with Gasteiger partial charge in [0.2, 0.25) is 5.91 Å². The average Bonchev–Trinajstić information content (AvgIpc) is 2.60. The van der Waals surface area contributed by atoms with Crippen molar-refractivity contribution in [1.82, 2.24) is 0 Å². The van der Waals surface area contributed by atoms with Gasteiger partial charge in [-0.25, -0.2) is 8.42 Å². The van der Waals surface area contributed by atoms with Gasteiger partial charge in [0.25, 0.3) is 10.0 Å². The fraction of sp³-hybridized carbons (Fsp3) is 0.278. The molecule has 2 aromatic rings. The standard InChI is InChI=1S/C18H20N2O4S/c1-3-15-12-20(17-6-4-5-7-18(17)24-15)25(22,23)16-10-8-14(9-11-16)19-13(2)21/h4-11,15H,3,12H2,1-2H3,(H,19,21). The Bertz CT molecular complexity index is 878. The third-order valence-electron chi connectivity index (χ3n) is 4.02. The topological polar surface area (TPSA) is 75.7 Å². The van der Waals surface area contributed by atoms with E-state index in [0.717, 1.165) is 0 Å². The van der Waals surface area contributed by atoms with E-state index in [1.165, 1.54) is 23.4 Å². The van der Waals surface area contributed by atoms with Crippen molar-refractivity contribution in [2.24, 2.45) is 0 Å². The lowest BCUT2D eigenvalue weighted by atomic mass is 10.2. The summed E-state index contributed by atoms with van der Waals surface area (Å²) in [4.78, 5) is 11.3. The van der Waals surface area contributed by atoms with Crippen LogP contribution in [0.5, 0.6) is 5.75 Å². The second-order valence-corrected chi connectivity index (χ2v) is 7.72. The quantitative estimate of drug-likeness (QED) is 0.909. The number of sulfonamides is 1. The molecule has 2 aromatic carbocycles. The number of para-hydroxylation sites is 2. The lowest BCUT2D eigenvalue weighted by molar-refractivity contribution is -0.114. The van der Waals surface area contributed by atoms with Gasteiger partial charge >= 0.3 is 0 Å². The van der Waals surface area contributed by atoms with Crippen LogP contribution in [-0.2, 0) is 14.8 Å². The van der Waals surface area contributed by atoms with Crippen LogP contribution in [0, 0.1) is 0 Å². The highest BCUT2D eigenvalue weighted by Crippen LogP contribution is 2.37. The number of hydrogen-bond donors (Lipinski definition) is 1. The number of rotatable bonds is 4. The van der Waals surface area contributed by atoms with Crippen molar-refractivity contribution in [3.8, 4) is 5.75 Å². The molecular weight excluding hydrogens is 340 g/mol. The summed E-state index contributed by atoms with van der Waals surface area (Å²) in [5.41, 5.74) is 1.10. The van der Waals surface area contributed by atoms with E-state index in [1.807, 2.05) is 13.0 Å². The highest BCUT2D eigenvalue weighted by atomic mass is 32.2. The number of hydrogen-bond acceptors (Lipinski definition) is 4. The van der Waals surface area contributed by atoms with Crippen LogP contribution in [-0.4, -0.2) is 27.0 Å². The fourth-order valence-corrected chi connectivity index (χ4v) is 4.25. The Morgan fingerprint density at radius 3 is 2.52 bits per heavy atom. The summed E-state index contributed by atoms with van der Waals surface area (Å²) in [5, 5.41) is 2.63. The first-order valence-corrected chi connectivity index (χ1v) is 9.52. The highest BCUT2D eigenvalue weighted by Gasteiger charge is 2.33. The molecule has 1 aliphatic rings. The molecular formula is C18H20N2O4S. The molecule has 0 saturated carbocycles. The van der Waals surface area contributed by atoms with Gasteiger partial charge in [0.1, 0.15) is 11.9 Å². The van der Waals surface area contributed by atoms with E-state index in [4.69, 9.17) is 4.74 Å². The summed E-state index contributed by atoms with van der Waals surface area (Å²) in [7, 11) is -3.72. The molecule has 0 radical (unpaired) electrons. The van der Waals surface area contributed by atoms with Crippen LogP contribution < -0.4 is 14.4 Å². The molecule has 132 valence electrons. The summed E-state index contributed by atoms with van der Waals surface area (Å²) in [6.07, 6.45) is 0.519. The first-order valence-electron chi connectivity index (χ1n) is 8.08. The van der Waals surface area contributed by atoms with Crippen molar-refractivity contribution in [3.05, 3.63) is 48.5 Å². The van der Waals surface area contributed by atoms with Crippen LogP contribution in [0.15, 0.2) is 53.4 Å². The van der Waals surface area contributed by atoms with E-state index in [9.17, 15) is 13.2 Å². The van der Waals surface area contributed by atoms with E-state index in [0.29, 0.717) is 23.5 Å². The van der Waals surface area contributed by atoms with Gasteiger partial charge in [-0.05, 0) is 42.8 Å². The minimum atomic E-state index is -3.72. The van der Waals surface area contributed by atoms with Crippen LogP contribution in [0.3, 0.4) is 0 Å². The molecule has 0 saturated heterocycles. The summed E-state index contributed by atoms with van der Waals surface area (Å²) in [6.45, 7) is 3.63. The maximum Gasteiger partial charge on any atom is 0.264 e. The second kappa shape index (κ2) is 6.76. The van der Waals surface area contributed by atoms with Crippen LogP contribution in [0.2, 0.25) is 0 Å². The van der Waals surface area contributed by atoms with Crippen molar-refractivity contribution >= 4 is 27.3 Å². The Kier molecular flexibility index (Phi) is 4.67. The summed E-state index contributed by atoms with van der Waals surface area (Å²) >= 11 is 0. The van der Waals surface area contributed by atoms with E-state index >= 15 is 0 Å². The molecule has 0 aliphatic carbocycles. The number of nitrogens with zero attached hydrogens (tertiary/aromatic N) is 1. The molecule has 1 aliphatic heterocycles. The van der Waals surface area contributed by atoms with Crippen molar-refractivity contribution in [1.29, 1.82) is 0 Å². The van der Waals surface area contributed by atoms with Crippen LogP contribution in [0.4, 0.5) is 11.4 Å². The molecule has 1 amide bonds. The molecule has 0 aromatic heterocycles. The zero-order valence-corrected chi connectivity index (χ0v) is 14.9. The number of benzene rings is 2. The summed E-state index contributed by atoms with van der Waals surface area (Å²) in [6, 6.07) is 13.3. The third-order valence-corrected chi connectivity index (χ3v) is 5.81. The van der Waals surface area contributed by atoms with Gasteiger partial charge in [0, 0.05) is 12.6 Å². The molecule has 1 heterocycles. The maximum atomic E-state index is 13.1. The predicted molar refractivity (Wildman–Crippen MR) is 96.4 cm³/mol. The molecule has 0 fully saturated rings. The Labute approximate surface area is 147 Å². The van der Waals surface area contributed by atoms with Gasteiger partial charge in [-0.2, -0.15) is 0 Å². The third kappa shape index (κ3) is 3.46. The zero-order chi connectivity index (χ0) is 18.0. The van der Waals surface area contributed by atoms with E-state index < -0.39 is 10.0 Å². The average molecular weight is 360 g/mol. The van der Waals surface area contributed by atoms with E-state index in [1.54, 1.807) is 30.3 Å². The minimum Gasteiger partial charge on any atom is -0.486 e. The van der Waals surface area contributed by atoms with Gasteiger partial charge in [-0.1, -0.05) is 19.1 Å². The molecule has 1 atom stereocenters. The Morgan fingerprint density at radius 2 is 1.88 bits per heavy atom. The molecule has 1 N–H and O–H groups in total. The number of nitrogens with one attached hydrogen (secondary N) is 1. The largest absolute Gasteiger partial charge is 0.486 e. The number of amides is 1. The first kappa shape index (κ1) is 17.3. The molecule has 7 heteroatoms. The van der Waals surface area contributed by atoms with Crippen molar-refractivity contribution in [2.45, 2.75) is 31.3 Å². The molecule has 0 bridgehead atoms. The Hall–Kier alpha value is -2.54. The van der Waals surface area contributed by atoms with Crippen molar-refractivity contribution < 1.29 is 17.9 Å². The molecule has 3 rings (SSSR count). The van der Waals surface area contributed by atoms with Gasteiger partial charge < -0.3 is 10.1 Å². The van der Waals surface area contributed by atoms with Crippen LogP contribution in [0.1, 0.15) is 20.3 Å².